The summed E-state index contributed by atoms with van der Waals surface area (Å²) in [7, 11) is 0. The lowest BCUT2D eigenvalue weighted by molar-refractivity contribution is -0.143. The number of allylic oxidation sites excluding steroid dienone is 1. The minimum atomic E-state index is -0.840. The average Bonchev–Trinajstić information content (AvgIpc) is 3.44. The molecule has 0 saturated heterocycles. The Morgan fingerprint density at radius 3 is 0.872 bits per heavy atom. The largest absolute Gasteiger partial charge is 0.466 e. The van der Waals surface area contributed by atoms with E-state index in [0.29, 0.717) is 19.4 Å². The number of carbonyl (C=O) groups excluding carboxylic acids is 2. The second-order valence-corrected chi connectivity index (χ2v) is 24.9. The third kappa shape index (κ3) is 63.8. The number of hydrogen-bond donors (Lipinski definition) is 3. The van der Waals surface area contributed by atoms with Gasteiger partial charge in [-0.1, -0.05) is 379 Å². The number of nitrogens with one attached hydrogen (secondary N) is 1. The van der Waals surface area contributed by atoms with E-state index in [1.807, 2.05) is 6.08 Å². The molecule has 0 saturated carbocycles. The number of aliphatic hydroxyl groups excluding tert-OH is 2. The number of amides is 1. The van der Waals surface area contributed by atoms with Crippen molar-refractivity contribution in [1.82, 2.24) is 5.32 Å². The highest BCUT2D eigenvalue weighted by molar-refractivity contribution is 5.76. The molecule has 0 aromatic rings. The normalized spacial score (nSPS) is 12.5. The molecule has 0 aliphatic heterocycles. The Morgan fingerprint density at radius 1 is 0.346 bits per heavy atom. The lowest BCUT2D eigenvalue weighted by Crippen LogP contribution is -2.45. The average molecular weight is 1100 g/mol. The van der Waals surface area contributed by atoms with Crippen molar-refractivity contribution < 1.29 is 24.5 Å². The van der Waals surface area contributed by atoms with Crippen molar-refractivity contribution in [3.63, 3.8) is 0 Å². The first-order valence-corrected chi connectivity index (χ1v) is 36.0. The van der Waals surface area contributed by atoms with Crippen LogP contribution in [0.3, 0.4) is 0 Å². The Kier molecular flexibility index (Phi) is 66.9. The van der Waals surface area contributed by atoms with Gasteiger partial charge in [-0.05, 0) is 32.1 Å². The molecule has 2 atom stereocenters. The van der Waals surface area contributed by atoms with E-state index in [2.05, 4.69) is 19.2 Å². The van der Waals surface area contributed by atoms with Gasteiger partial charge in [0, 0.05) is 12.8 Å². The fraction of sp³-hybridized carbons (Fsp3) is 0.944. The highest BCUT2D eigenvalue weighted by atomic mass is 16.5. The smallest absolute Gasteiger partial charge is 0.305 e. The van der Waals surface area contributed by atoms with Crippen molar-refractivity contribution in [1.29, 1.82) is 0 Å². The minimum Gasteiger partial charge on any atom is -0.466 e. The van der Waals surface area contributed by atoms with Crippen LogP contribution in [0.5, 0.6) is 0 Å². The van der Waals surface area contributed by atoms with E-state index in [1.165, 1.54) is 347 Å². The summed E-state index contributed by atoms with van der Waals surface area (Å²) in [5, 5.41) is 23.1. The molecule has 78 heavy (non-hydrogen) atoms. The Labute approximate surface area is 489 Å². The molecule has 0 aliphatic rings. The van der Waals surface area contributed by atoms with Crippen LogP contribution in [0, 0.1) is 0 Å². The fourth-order valence-electron chi connectivity index (χ4n) is 11.6. The summed E-state index contributed by atoms with van der Waals surface area (Å²) in [6, 6.07) is -0.623. The van der Waals surface area contributed by atoms with Crippen LogP contribution in [-0.4, -0.2) is 47.4 Å². The standard InChI is InChI=1S/C72H141NO5/c1-3-5-7-9-11-13-15-17-18-19-35-38-42-46-50-54-58-62-66-72(77)78-67-63-59-55-51-47-43-39-36-33-31-29-27-25-23-21-20-22-24-26-28-30-32-34-37-41-45-49-53-57-61-65-71(76)73-69(68-74)70(75)64-60-56-52-48-44-40-16-14-12-10-8-6-4-2/h60,64,69-70,74-75H,3-59,61-63,65-68H2,1-2H3,(H,73,76)/b64-60+. The van der Waals surface area contributed by atoms with Crippen molar-refractivity contribution in [2.24, 2.45) is 0 Å². The maximum Gasteiger partial charge on any atom is 0.305 e. The van der Waals surface area contributed by atoms with E-state index in [1.54, 1.807) is 6.08 Å². The van der Waals surface area contributed by atoms with Crippen LogP contribution < -0.4 is 5.32 Å². The van der Waals surface area contributed by atoms with E-state index in [-0.39, 0.29) is 18.5 Å². The highest BCUT2D eigenvalue weighted by Gasteiger charge is 2.18. The zero-order chi connectivity index (χ0) is 56.4. The SMILES string of the molecule is CCCCCCCCCCCCC/C=C/C(O)C(CO)NC(=O)CCCCCCCCCCCCCCCCCCCCCCCCCCCCCCCCOC(=O)CCCCCCCCCCCCCCCCCCCC. The van der Waals surface area contributed by atoms with Gasteiger partial charge in [0.15, 0.2) is 0 Å². The third-order valence-corrected chi connectivity index (χ3v) is 17.1. The van der Waals surface area contributed by atoms with Gasteiger partial charge in [-0.2, -0.15) is 0 Å². The number of esters is 1. The first-order chi connectivity index (χ1) is 38.5. The molecule has 6 nitrogen and oxygen atoms in total. The number of ether oxygens (including phenoxy) is 1. The summed E-state index contributed by atoms with van der Waals surface area (Å²) in [5.74, 6) is -0.0368. The summed E-state index contributed by atoms with van der Waals surface area (Å²) in [6.07, 6.45) is 84.5. The predicted molar refractivity (Wildman–Crippen MR) is 343 cm³/mol. The van der Waals surface area contributed by atoms with Crippen LogP contribution in [0.4, 0.5) is 0 Å². The Morgan fingerprint density at radius 2 is 0.590 bits per heavy atom. The predicted octanol–water partition coefficient (Wildman–Crippen LogP) is 23.1. The molecule has 2 unspecified atom stereocenters. The molecule has 0 spiro atoms. The van der Waals surface area contributed by atoms with Crippen LogP contribution in [0.2, 0.25) is 0 Å². The number of unbranched alkanes of at least 4 members (excludes halogenated alkanes) is 57. The van der Waals surface area contributed by atoms with Crippen LogP contribution in [0.1, 0.15) is 412 Å². The van der Waals surface area contributed by atoms with E-state index in [0.717, 1.165) is 38.5 Å². The van der Waals surface area contributed by atoms with Crippen LogP contribution in [-0.2, 0) is 14.3 Å². The van der Waals surface area contributed by atoms with Gasteiger partial charge in [-0.3, -0.25) is 9.59 Å². The van der Waals surface area contributed by atoms with Crippen molar-refractivity contribution in [3.05, 3.63) is 12.2 Å². The first-order valence-electron chi connectivity index (χ1n) is 36.0. The molecule has 0 aliphatic carbocycles. The molecule has 464 valence electrons. The lowest BCUT2D eigenvalue weighted by atomic mass is 10.0. The summed E-state index contributed by atoms with van der Waals surface area (Å²) in [6.45, 7) is 4.94. The first kappa shape index (κ1) is 76.6. The third-order valence-electron chi connectivity index (χ3n) is 17.1. The van der Waals surface area contributed by atoms with Crippen LogP contribution in [0.25, 0.3) is 0 Å². The molecule has 0 rings (SSSR count). The maximum absolute atomic E-state index is 12.5. The summed E-state index contributed by atoms with van der Waals surface area (Å²) >= 11 is 0. The van der Waals surface area contributed by atoms with Gasteiger partial charge in [-0.15, -0.1) is 0 Å². The Balaban J connectivity index is 3.31. The van der Waals surface area contributed by atoms with Crippen molar-refractivity contribution in [3.8, 4) is 0 Å². The fourth-order valence-corrected chi connectivity index (χ4v) is 11.6. The molecule has 0 radical (unpaired) electrons. The molecule has 0 aromatic heterocycles. The zero-order valence-electron chi connectivity index (χ0n) is 53.2. The van der Waals surface area contributed by atoms with Crippen LogP contribution in [0.15, 0.2) is 12.2 Å². The van der Waals surface area contributed by atoms with E-state index in [4.69, 9.17) is 4.74 Å². The molecule has 1 amide bonds. The highest BCUT2D eigenvalue weighted by Crippen LogP contribution is 2.19. The van der Waals surface area contributed by atoms with Gasteiger partial charge in [0.2, 0.25) is 5.91 Å². The molecule has 0 bridgehead atoms. The number of rotatable bonds is 68. The maximum atomic E-state index is 12.5. The molecule has 3 N–H and O–H groups in total. The van der Waals surface area contributed by atoms with Gasteiger partial charge in [0.05, 0.1) is 25.4 Å². The van der Waals surface area contributed by atoms with Gasteiger partial charge in [0.25, 0.3) is 0 Å². The van der Waals surface area contributed by atoms with E-state index >= 15 is 0 Å². The van der Waals surface area contributed by atoms with Gasteiger partial charge >= 0.3 is 5.97 Å². The topological polar surface area (TPSA) is 95.9 Å². The minimum absolute atomic E-state index is 0.0251. The molecule has 0 fully saturated rings. The van der Waals surface area contributed by atoms with Crippen molar-refractivity contribution >= 4 is 11.9 Å². The van der Waals surface area contributed by atoms with Crippen molar-refractivity contribution in [2.75, 3.05) is 13.2 Å². The summed E-state index contributed by atoms with van der Waals surface area (Å²) < 4.78 is 5.51. The van der Waals surface area contributed by atoms with Crippen molar-refractivity contribution in [2.45, 2.75) is 424 Å². The zero-order valence-corrected chi connectivity index (χ0v) is 53.2. The second-order valence-electron chi connectivity index (χ2n) is 24.9. The lowest BCUT2D eigenvalue weighted by Gasteiger charge is -2.20. The van der Waals surface area contributed by atoms with Gasteiger partial charge in [-0.25, -0.2) is 0 Å². The molecular weight excluding hydrogens is 959 g/mol. The van der Waals surface area contributed by atoms with Gasteiger partial charge < -0.3 is 20.3 Å². The quantitative estimate of drug-likeness (QED) is 0.0320. The number of aliphatic hydroxyl groups is 2. The second kappa shape index (κ2) is 68.1. The Hall–Kier alpha value is -1.40. The van der Waals surface area contributed by atoms with Crippen LogP contribution >= 0.6 is 0 Å². The summed E-state index contributed by atoms with van der Waals surface area (Å²) in [4.78, 5) is 24.6. The monoisotopic (exact) mass is 1100 g/mol. The molecule has 0 heterocycles. The Bertz CT molecular complexity index is 1180. The molecule has 6 heteroatoms. The molecule has 0 aromatic carbocycles. The summed E-state index contributed by atoms with van der Waals surface area (Å²) in [5.41, 5.74) is 0. The number of carbonyl (C=O) groups is 2. The van der Waals surface area contributed by atoms with Gasteiger partial charge in [0.1, 0.15) is 0 Å². The number of hydrogen-bond acceptors (Lipinski definition) is 5. The molecular formula is C72H141NO5. The van der Waals surface area contributed by atoms with E-state index in [9.17, 15) is 19.8 Å². The van der Waals surface area contributed by atoms with E-state index < -0.39 is 12.1 Å².